The maximum absolute atomic E-state index is 13.1. The average Bonchev–Trinajstić information content (AvgIpc) is 3.24. The highest BCUT2D eigenvalue weighted by atomic mass is 19.1. The number of amides is 1. The third kappa shape index (κ3) is 5.51. The lowest BCUT2D eigenvalue weighted by molar-refractivity contribution is 0.0832. The van der Waals surface area contributed by atoms with Crippen LogP contribution in [0, 0.1) is 17.7 Å². The standard InChI is InChI=1S/C29H35FN4O2/c1-33-27(25-4-2-3-5-26(25)32-33)29(36)31-24-12-6-20(7-13-24)14-17-34-18-15-22(16-19-34)28(35)21-8-10-23(30)11-9-21/h2-5,8-11,20,22,24H,6-7,12-19H2,1H3,(H,31,36)/t20-,24-. The molecule has 0 unspecified atom stereocenters. The molecule has 2 aliphatic rings. The quantitative estimate of drug-likeness (QED) is 0.474. The van der Waals surface area contributed by atoms with Gasteiger partial charge >= 0.3 is 0 Å². The van der Waals surface area contributed by atoms with E-state index >= 15 is 0 Å². The maximum atomic E-state index is 13.1. The molecule has 1 amide bonds. The Kier molecular flexibility index (Phi) is 7.46. The number of fused-ring (bicyclic) bond motifs is 1. The second-order valence-corrected chi connectivity index (χ2v) is 10.5. The lowest BCUT2D eigenvalue weighted by Gasteiger charge is -2.34. The highest BCUT2D eigenvalue weighted by Crippen LogP contribution is 2.29. The molecule has 1 aliphatic carbocycles. The van der Waals surface area contributed by atoms with Crippen LogP contribution in [-0.4, -0.2) is 52.0 Å². The number of nitrogens with one attached hydrogen (secondary N) is 1. The lowest BCUT2D eigenvalue weighted by atomic mass is 9.83. The lowest BCUT2D eigenvalue weighted by Crippen LogP contribution is -2.40. The third-order valence-corrected chi connectivity index (χ3v) is 8.08. The number of carbonyl (C=O) groups is 2. The van der Waals surface area contributed by atoms with E-state index in [1.165, 1.54) is 18.6 Å². The van der Waals surface area contributed by atoms with Gasteiger partial charge in [-0.1, -0.05) is 18.2 Å². The van der Waals surface area contributed by atoms with Crippen molar-refractivity contribution in [3.8, 4) is 0 Å². The number of hydrogen-bond acceptors (Lipinski definition) is 4. The summed E-state index contributed by atoms with van der Waals surface area (Å²) in [5.41, 5.74) is 2.10. The van der Waals surface area contributed by atoms with Gasteiger partial charge in [0.1, 0.15) is 11.5 Å². The number of nitrogens with zero attached hydrogens (tertiary/aromatic N) is 3. The third-order valence-electron chi connectivity index (χ3n) is 8.08. The molecule has 0 bridgehead atoms. The van der Waals surface area contributed by atoms with Crippen LogP contribution in [0.2, 0.25) is 0 Å². The van der Waals surface area contributed by atoms with Crippen LogP contribution < -0.4 is 5.32 Å². The summed E-state index contributed by atoms with van der Waals surface area (Å²) in [7, 11) is 1.83. The molecule has 36 heavy (non-hydrogen) atoms. The summed E-state index contributed by atoms with van der Waals surface area (Å²) in [6.07, 6.45) is 7.22. The second kappa shape index (κ2) is 10.9. The van der Waals surface area contributed by atoms with E-state index in [4.69, 9.17) is 0 Å². The topological polar surface area (TPSA) is 67.2 Å². The van der Waals surface area contributed by atoms with Crippen LogP contribution in [-0.2, 0) is 7.05 Å². The minimum atomic E-state index is -0.306. The van der Waals surface area contributed by atoms with Crippen molar-refractivity contribution in [2.45, 2.75) is 51.0 Å². The molecule has 1 aromatic heterocycles. The molecule has 190 valence electrons. The van der Waals surface area contributed by atoms with Crippen molar-refractivity contribution in [3.63, 3.8) is 0 Å². The van der Waals surface area contributed by atoms with E-state index in [1.807, 2.05) is 31.3 Å². The van der Waals surface area contributed by atoms with Crippen molar-refractivity contribution in [3.05, 3.63) is 65.6 Å². The Labute approximate surface area is 211 Å². The first-order valence-electron chi connectivity index (χ1n) is 13.2. The first kappa shape index (κ1) is 24.6. The van der Waals surface area contributed by atoms with Gasteiger partial charge in [0.25, 0.3) is 5.91 Å². The molecule has 0 atom stereocenters. The molecular formula is C29H35FN4O2. The number of aromatic nitrogens is 2. The van der Waals surface area contributed by atoms with Crippen LogP contribution in [0.1, 0.15) is 65.8 Å². The highest BCUT2D eigenvalue weighted by Gasteiger charge is 2.28. The molecule has 2 aromatic carbocycles. The zero-order chi connectivity index (χ0) is 25.1. The predicted molar refractivity (Wildman–Crippen MR) is 138 cm³/mol. The molecule has 0 spiro atoms. The van der Waals surface area contributed by atoms with Crippen molar-refractivity contribution in [1.82, 2.24) is 20.0 Å². The first-order valence-corrected chi connectivity index (χ1v) is 13.2. The van der Waals surface area contributed by atoms with Gasteiger partial charge in [0, 0.05) is 30.0 Å². The Balaban J connectivity index is 1.03. The number of ketones is 1. The zero-order valence-electron chi connectivity index (χ0n) is 21.0. The van der Waals surface area contributed by atoms with E-state index < -0.39 is 0 Å². The predicted octanol–water partition coefficient (Wildman–Crippen LogP) is 4.99. The van der Waals surface area contributed by atoms with Crippen LogP contribution in [0.15, 0.2) is 48.5 Å². The van der Waals surface area contributed by atoms with Crippen LogP contribution >= 0.6 is 0 Å². The number of carbonyl (C=O) groups excluding carboxylic acids is 2. The Morgan fingerprint density at radius 2 is 1.67 bits per heavy atom. The van der Waals surface area contributed by atoms with Crippen molar-refractivity contribution in [1.29, 1.82) is 0 Å². The van der Waals surface area contributed by atoms with E-state index in [0.717, 1.165) is 69.1 Å². The van der Waals surface area contributed by atoms with E-state index in [-0.39, 0.29) is 29.5 Å². The first-order chi connectivity index (χ1) is 17.5. The SMILES string of the molecule is Cn1nc2ccccc2c1C(=O)N[C@H]1CC[C@H](CCN2CCC(C(=O)c3ccc(F)cc3)CC2)CC1. The molecule has 1 saturated heterocycles. The van der Waals surface area contributed by atoms with Gasteiger partial charge in [-0.25, -0.2) is 4.39 Å². The van der Waals surface area contributed by atoms with E-state index in [2.05, 4.69) is 15.3 Å². The number of piperidine rings is 1. The van der Waals surface area contributed by atoms with Crippen molar-refractivity contribution in [2.75, 3.05) is 19.6 Å². The number of halogens is 1. The summed E-state index contributed by atoms with van der Waals surface area (Å²) in [6.45, 7) is 2.96. The van der Waals surface area contributed by atoms with Crippen molar-refractivity contribution in [2.24, 2.45) is 18.9 Å². The largest absolute Gasteiger partial charge is 0.348 e. The fourth-order valence-corrected chi connectivity index (χ4v) is 5.90. The molecule has 5 rings (SSSR count). The van der Waals surface area contributed by atoms with E-state index in [0.29, 0.717) is 17.2 Å². The fraction of sp³-hybridized carbons (Fsp3) is 0.483. The second-order valence-electron chi connectivity index (χ2n) is 10.5. The van der Waals surface area contributed by atoms with Crippen molar-refractivity contribution < 1.29 is 14.0 Å². The van der Waals surface area contributed by atoms with Gasteiger partial charge < -0.3 is 10.2 Å². The molecule has 2 fully saturated rings. The van der Waals surface area contributed by atoms with Gasteiger partial charge in [0.2, 0.25) is 0 Å². The normalized spacial score (nSPS) is 21.5. The molecule has 6 nitrogen and oxygen atoms in total. The number of aryl methyl sites for hydroxylation is 1. The van der Waals surface area contributed by atoms with Gasteiger partial charge in [-0.3, -0.25) is 14.3 Å². The average molecular weight is 491 g/mol. The van der Waals surface area contributed by atoms with Crippen LogP contribution in [0.4, 0.5) is 4.39 Å². The molecule has 2 heterocycles. The van der Waals surface area contributed by atoms with Gasteiger partial charge in [0.05, 0.1) is 5.52 Å². The summed E-state index contributed by atoms with van der Waals surface area (Å²) in [5, 5.41) is 8.61. The molecular weight excluding hydrogens is 455 g/mol. The highest BCUT2D eigenvalue weighted by molar-refractivity contribution is 6.05. The summed E-state index contributed by atoms with van der Waals surface area (Å²) in [6, 6.07) is 13.9. The number of likely N-dealkylation sites (tertiary alicyclic amines) is 1. The molecule has 1 aliphatic heterocycles. The molecule has 1 saturated carbocycles. The Morgan fingerprint density at radius 1 is 0.972 bits per heavy atom. The smallest absolute Gasteiger partial charge is 0.270 e. The minimum absolute atomic E-state index is 0.0345. The van der Waals surface area contributed by atoms with Gasteiger partial charge in [-0.15, -0.1) is 0 Å². The molecule has 7 heteroatoms. The number of Topliss-reactive ketones (excluding diaryl/α,β-unsaturated/α-hetero) is 1. The van der Waals surface area contributed by atoms with E-state index in [9.17, 15) is 14.0 Å². The van der Waals surface area contributed by atoms with E-state index in [1.54, 1.807) is 16.8 Å². The molecule has 3 aromatic rings. The van der Waals surface area contributed by atoms with Gasteiger partial charge in [-0.05, 0) is 101 Å². The van der Waals surface area contributed by atoms with Gasteiger partial charge in [0.15, 0.2) is 5.78 Å². The minimum Gasteiger partial charge on any atom is -0.348 e. The van der Waals surface area contributed by atoms with Crippen LogP contribution in [0.5, 0.6) is 0 Å². The van der Waals surface area contributed by atoms with Crippen molar-refractivity contribution >= 4 is 22.6 Å². The summed E-state index contributed by atoms with van der Waals surface area (Å²) in [5.74, 6) is 0.540. The van der Waals surface area contributed by atoms with Crippen LogP contribution in [0.25, 0.3) is 10.9 Å². The Hall–Kier alpha value is -3.06. The molecule has 0 radical (unpaired) electrons. The monoisotopic (exact) mass is 490 g/mol. The molecule has 1 N–H and O–H groups in total. The van der Waals surface area contributed by atoms with Gasteiger partial charge in [-0.2, -0.15) is 5.10 Å². The maximum Gasteiger partial charge on any atom is 0.270 e. The number of benzene rings is 2. The summed E-state index contributed by atoms with van der Waals surface area (Å²) < 4.78 is 14.8. The number of rotatable bonds is 7. The Morgan fingerprint density at radius 3 is 2.39 bits per heavy atom. The van der Waals surface area contributed by atoms with Crippen LogP contribution in [0.3, 0.4) is 0 Å². The Bertz CT molecular complexity index is 1210. The fourth-order valence-electron chi connectivity index (χ4n) is 5.90. The zero-order valence-corrected chi connectivity index (χ0v) is 21.0. The number of hydrogen-bond donors (Lipinski definition) is 1. The summed E-state index contributed by atoms with van der Waals surface area (Å²) in [4.78, 5) is 28.2. The summed E-state index contributed by atoms with van der Waals surface area (Å²) >= 11 is 0.